The van der Waals surface area contributed by atoms with Crippen LogP contribution >= 0.6 is 0 Å². The second kappa shape index (κ2) is 9.87. The molecule has 2 aromatic carbocycles. The van der Waals surface area contributed by atoms with Gasteiger partial charge in [-0.15, -0.1) is 0 Å². The highest BCUT2D eigenvalue weighted by molar-refractivity contribution is 7.89. The van der Waals surface area contributed by atoms with E-state index in [0.29, 0.717) is 19.4 Å². The molecule has 0 radical (unpaired) electrons. The molecule has 0 spiro atoms. The average Bonchev–Trinajstić information content (AvgIpc) is 2.73. The topological polar surface area (TPSA) is 95.7 Å². The van der Waals surface area contributed by atoms with Gasteiger partial charge in [-0.05, 0) is 36.2 Å². The SMILES string of the molecule is NS(=O)(=O)c1ccc(CCNC(=O)CCN2CCN(c3ccccc3)CC2)cc1. The molecule has 156 valence electrons. The van der Waals surface area contributed by atoms with E-state index >= 15 is 0 Å². The Morgan fingerprint density at radius 3 is 2.24 bits per heavy atom. The van der Waals surface area contributed by atoms with E-state index < -0.39 is 10.0 Å². The van der Waals surface area contributed by atoms with Gasteiger partial charge in [-0.2, -0.15) is 0 Å². The number of piperazine rings is 1. The lowest BCUT2D eigenvalue weighted by molar-refractivity contribution is -0.121. The summed E-state index contributed by atoms with van der Waals surface area (Å²) in [5.74, 6) is 0.0386. The van der Waals surface area contributed by atoms with E-state index in [0.717, 1.165) is 38.3 Å². The predicted octanol–water partition coefficient (Wildman–Crippen LogP) is 1.20. The molecule has 2 aromatic rings. The number of primary sulfonamides is 1. The van der Waals surface area contributed by atoms with Gasteiger partial charge in [-0.3, -0.25) is 9.69 Å². The first-order chi connectivity index (χ1) is 13.9. The molecule has 1 saturated heterocycles. The number of nitrogens with two attached hydrogens (primary N) is 1. The number of para-hydroxylation sites is 1. The number of carbonyl (C=O) groups excluding carboxylic acids is 1. The minimum absolute atomic E-state index is 0.0386. The van der Waals surface area contributed by atoms with E-state index in [2.05, 4.69) is 39.4 Å². The highest BCUT2D eigenvalue weighted by Gasteiger charge is 2.17. The molecular formula is C21H28N4O3S. The summed E-state index contributed by atoms with van der Waals surface area (Å²) in [6.07, 6.45) is 1.13. The smallest absolute Gasteiger partial charge is 0.238 e. The lowest BCUT2D eigenvalue weighted by Crippen LogP contribution is -2.47. The number of nitrogens with one attached hydrogen (secondary N) is 1. The summed E-state index contributed by atoms with van der Waals surface area (Å²) in [5, 5.41) is 8.02. The summed E-state index contributed by atoms with van der Waals surface area (Å²) in [6, 6.07) is 16.8. The van der Waals surface area contributed by atoms with Gasteiger partial charge in [0, 0.05) is 51.4 Å². The standard InChI is InChI=1S/C21H28N4O3S/c22-29(27,28)20-8-6-18(7-9-20)10-12-23-21(26)11-13-24-14-16-25(17-15-24)19-4-2-1-3-5-19/h1-9H,10-17H2,(H,23,26)(H2,22,27,28). The van der Waals surface area contributed by atoms with Gasteiger partial charge < -0.3 is 10.2 Å². The Morgan fingerprint density at radius 2 is 1.62 bits per heavy atom. The third-order valence-electron chi connectivity index (χ3n) is 5.14. The van der Waals surface area contributed by atoms with Gasteiger partial charge >= 0.3 is 0 Å². The Bertz CT molecular complexity index is 893. The molecule has 1 aliphatic heterocycles. The molecule has 0 aromatic heterocycles. The van der Waals surface area contributed by atoms with E-state index in [4.69, 9.17) is 5.14 Å². The number of nitrogens with zero attached hydrogens (tertiary/aromatic N) is 2. The number of carbonyl (C=O) groups is 1. The number of rotatable bonds is 8. The number of hydrogen-bond acceptors (Lipinski definition) is 5. The van der Waals surface area contributed by atoms with Crippen molar-refractivity contribution in [2.45, 2.75) is 17.7 Å². The molecule has 1 fully saturated rings. The van der Waals surface area contributed by atoms with Crippen molar-refractivity contribution in [3.8, 4) is 0 Å². The molecule has 3 rings (SSSR count). The summed E-state index contributed by atoms with van der Waals surface area (Å²) in [5.41, 5.74) is 2.21. The number of hydrogen-bond donors (Lipinski definition) is 2. The minimum atomic E-state index is -3.67. The summed E-state index contributed by atoms with van der Waals surface area (Å²) in [7, 11) is -3.67. The van der Waals surface area contributed by atoms with Crippen LogP contribution in [0.1, 0.15) is 12.0 Å². The van der Waals surface area contributed by atoms with Crippen LogP contribution in [0.5, 0.6) is 0 Å². The molecule has 3 N–H and O–H groups in total. The maximum Gasteiger partial charge on any atom is 0.238 e. The Morgan fingerprint density at radius 1 is 0.966 bits per heavy atom. The second-order valence-electron chi connectivity index (χ2n) is 7.20. The number of amides is 1. The van der Waals surface area contributed by atoms with Gasteiger partial charge in [0.15, 0.2) is 0 Å². The highest BCUT2D eigenvalue weighted by atomic mass is 32.2. The predicted molar refractivity (Wildman–Crippen MR) is 114 cm³/mol. The summed E-state index contributed by atoms with van der Waals surface area (Å²) in [4.78, 5) is 16.9. The fraction of sp³-hybridized carbons (Fsp3) is 0.381. The molecule has 1 heterocycles. The van der Waals surface area contributed by atoms with Crippen molar-refractivity contribution in [1.29, 1.82) is 0 Å². The highest BCUT2D eigenvalue weighted by Crippen LogP contribution is 2.15. The van der Waals surface area contributed by atoms with Crippen LogP contribution in [0.3, 0.4) is 0 Å². The van der Waals surface area contributed by atoms with Crippen molar-refractivity contribution in [3.05, 3.63) is 60.2 Å². The summed E-state index contributed by atoms with van der Waals surface area (Å²) in [6.45, 7) is 5.14. The van der Waals surface area contributed by atoms with Crippen molar-refractivity contribution in [2.24, 2.45) is 5.14 Å². The molecule has 7 nitrogen and oxygen atoms in total. The van der Waals surface area contributed by atoms with Gasteiger partial charge in [0.2, 0.25) is 15.9 Å². The van der Waals surface area contributed by atoms with E-state index in [1.54, 1.807) is 12.1 Å². The minimum Gasteiger partial charge on any atom is -0.369 e. The third-order valence-corrected chi connectivity index (χ3v) is 6.07. The van der Waals surface area contributed by atoms with Crippen molar-refractivity contribution < 1.29 is 13.2 Å². The van der Waals surface area contributed by atoms with E-state index in [1.165, 1.54) is 17.8 Å². The fourth-order valence-electron chi connectivity index (χ4n) is 3.41. The quantitative estimate of drug-likeness (QED) is 0.674. The van der Waals surface area contributed by atoms with Gasteiger partial charge in [0.05, 0.1) is 4.90 Å². The first kappa shape index (κ1) is 21.3. The van der Waals surface area contributed by atoms with Crippen molar-refractivity contribution in [3.63, 3.8) is 0 Å². The Kier molecular flexibility index (Phi) is 7.24. The van der Waals surface area contributed by atoms with E-state index in [9.17, 15) is 13.2 Å². The monoisotopic (exact) mass is 416 g/mol. The molecule has 1 aliphatic rings. The number of benzene rings is 2. The van der Waals surface area contributed by atoms with Crippen molar-refractivity contribution in [2.75, 3.05) is 44.2 Å². The van der Waals surface area contributed by atoms with Crippen LogP contribution in [0.15, 0.2) is 59.5 Å². The summed E-state index contributed by atoms with van der Waals surface area (Å²) < 4.78 is 22.5. The van der Waals surface area contributed by atoms with Gasteiger partial charge in [0.25, 0.3) is 0 Å². The average molecular weight is 417 g/mol. The molecule has 0 atom stereocenters. The molecular weight excluding hydrogens is 388 g/mol. The van der Waals surface area contributed by atoms with E-state index in [1.807, 2.05) is 6.07 Å². The van der Waals surface area contributed by atoms with E-state index in [-0.39, 0.29) is 10.8 Å². The first-order valence-corrected chi connectivity index (χ1v) is 11.4. The molecule has 0 bridgehead atoms. The van der Waals surface area contributed by atoms with Gasteiger partial charge in [0.1, 0.15) is 0 Å². The Hall–Kier alpha value is -2.42. The Labute approximate surface area is 172 Å². The maximum atomic E-state index is 12.1. The van der Waals surface area contributed by atoms with Crippen LogP contribution in [0.4, 0.5) is 5.69 Å². The first-order valence-electron chi connectivity index (χ1n) is 9.82. The third kappa shape index (κ3) is 6.56. The molecule has 0 unspecified atom stereocenters. The molecule has 29 heavy (non-hydrogen) atoms. The van der Waals surface area contributed by atoms with Crippen LogP contribution < -0.4 is 15.4 Å². The second-order valence-corrected chi connectivity index (χ2v) is 8.76. The largest absolute Gasteiger partial charge is 0.369 e. The molecule has 0 saturated carbocycles. The van der Waals surface area contributed by atoms with Gasteiger partial charge in [-0.25, -0.2) is 13.6 Å². The van der Waals surface area contributed by atoms with Crippen LogP contribution in [0, 0.1) is 0 Å². The summed E-state index contributed by atoms with van der Waals surface area (Å²) >= 11 is 0. The fourth-order valence-corrected chi connectivity index (χ4v) is 3.92. The lowest BCUT2D eigenvalue weighted by Gasteiger charge is -2.36. The van der Waals surface area contributed by atoms with Crippen LogP contribution in [0.2, 0.25) is 0 Å². The zero-order valence-electron chi connectivity index (χ0n) is 16.5. The number of sulfonamides is 1. The van der Waals surface area contributed by atoms with Crippen LogP contribution in [0.25, 0.3) is 0 Å². The lowest BCUT2D eigenvalue weighted by atomic mass is 10.1. The molecule has 8 heteroatoms. The van der Waals surface area contributed by atoms with Crippen LogP contribution in [-0.2, 0) is 21.2 Å². The molecule has 1 amide bonds. The molecule has 0 aliphatic carbocycles. The zero-order chi connectivity index (χ0) is 20.7. The van der Waals surface area contributed by atoms with Gasteiger partial charge in [-0.1, -0.05) is 30.3 Å². The Balaban J connectivity index is 1.32. The van der Waals surface area contributed by atoms with Crippen molar-refractivity contribution >= 4 is 21.6 Å². The zero-order valence-corrected chi connectivity index (χ0v) is 17.3. The normalized spacial score (nSPS) is 15.3. The maximum absolute atomic E-state index is 12.1. The van der Waals surface area contributed by atoms with Crippen molar-refractivity contribution in [1.82, 2.24) is 10.2 Å². The van der Waals surface area contributed by atoms with Crippen LogP contribution in [-0.4, -0.2) is 58.5 Å². The number of anilines is 1.